The van der Waals surface area contributed by atoms with Gasteiger partial charge >= 0.3 is 0 Å². The van der Waals surface area contributed by atoms with Crippen LogP contribution in [0.3, 0.4) is 0 Å². The van der Waals surface area contributed by atoms with E-state index in [9.17, 15) is 9.59 Å². The Balaban J connectivity index is 1.75. The first kappa shape index (κ1) is 14.5. The number of ketones is 1. The molecule has 2 heterocycles. The van der Waals surface area contributed by atoms with Crippen LogP contribution in [0.15, 0.2) is 18.2 Å². The lowest BCUT2D eigenvalue weighted by atomic mass is 10.00. The number of carbonyl (C=O) groups is 2. The van der Waals surface area contributed by atoms with Crippen molar-refractivity contribution < 1.29 is 9.59 Å². The number of amides is 1. The van der Waals surface area contributed by atoms with Gasteiger partial charge in [0, 0.05) is 17.6 Å². The molecule has 2 aliphatic heterocycles. The van der Waals surface area contributed by atoms with E-state index in [2.05, 4.69) is 11.9 Å². The van der Waals surface area contributed by atoms with Gasteiger partial charge in [0.2, 0.25) is 0 Å². The van der Waals surface area contributed by atoms with Gasteiger partial charge in [0.25, 0.3) is 11.7 Å². The third-order valence-electron chi connectivity index (χ3n) is 4.54. The second-order valence-corrected chi connectivity index (χ2v) is 6.30. The van der Waals surface area contributed by atoms with Gasteiger partial charge in [-0.15, -0.1) is 0 Å². The number of likely N-dealkylation sites (tertiary alicyclic amines) is 1. The van der Waals surface area contributed by atoms with Crippen LogP contribution in [0.1, 0.15) is 36.0 Å². The normalized spacial score (nSPS) is 22.8. The van der Waals surface area contributed by atoms with Crippen molar-refractivity contribution in [2.75, 3.05) is 25.0 Å². The number of rotatable bonds is 3. The van der Waals surface area contributed by atoms with Crippen molar-refractivity contribution in [1.82, 2.24) is 4.90 Å². The molecule has 0 aliphatic carbocycles. The van der Waals surface area contributed by atoms with Crippen LogP contribution >= 0.6 is 11.6 Å². The van der Waals surface area contributed by atoms with Gasteiger partial charge in [-0.3, -0.25) is 9.59 Å². The summed E-state index contributed by atoms with van der Waals surface area (Å²) >= 11 is 6.00. The zero-order valence-electron chi connectivity index (χ0n) is 12.1. The molecule has 0 aromatic heterocycles. The van der Waals surface area contributed by atoms with E-state index in [0.717, 1.165) is 19.4 Å². The van der Waals surface area contributed by atoms with Crippen LogP contribution in [0.4, 0.5) is 5.69 Å². The first-order valence-electron chi connectivity index (χ1n) is 7.44. The van der Waals surface area contributed by atoms with Crippen molar-refractivity contribution >= 4 is 29.0 Å². The van der Waals surface area contributed by atoms with Crippen LogP contribution in [-0.2, 0) is 4.79 Å². The number of Topliss-reactive ketones (excluding diaryl/α,β-unsaturated/α-hetero) is 1. The molecule has 0 saturated carbocycles. The van der Waals surface area contributed by atoms with Crippen LogP contribution in [0.5, 0.6) is 0 Å². The molecule has 3 rings (SSSR count). The molecule has 2 aliphatic rings. The Hall–Kier alpha value is -1.39. The van der Waals surface area contributed by atoms with Crippen LogP contribution in [0, 0.1) is 0 Å². The average molecular weight is 307 g/mol. The van der Waals surface area contributed by atoms with Crippen LogP contribution < -0.4 is 4.90 Å². The summed E-state index contributed by atoms with van der Waals surface area (Å²) in [4.78, 5) is 28.1. The number of hydrogen-bond donors (Lipinski definition) is 0. The van der Waals surface area contributed by atoms with E-state index in [0.29, 0.717) is 28.9 Å². The molecule has 5 heteroatoms. The molecule has 1 atom stereocenters. The SMILES string of the molecule is CN1CCCCC1CCN1C(=O)C(=O)c2ccc(Cl)cc21. The Morgan fingerprint density at radius 1 is 1.29 bits per heavy atom. The molecule has 0 N–H and O–H groups in total. The summed E-state index contributed by atoms with van der Waals surface area (Å²) in [6.45, 7) is 1.69. The maximum Gasteiger partial charge on any atom is 0.299 e. The quantitative estimate of drug-likeness (QED) is 0.806. The largest absolute Gasteiger partial charge is 0.305 e. The number of piperidine rings is 1. The molecular formula is C16H19ClN2O2. The highest BCUT2D eigenvalue weighted by atomic mass is 35.5. The van der Waals surface area contributed by atoms with E-state index in [-0.39, 0.29) is 0 Å². The van der Waals surface area contributed by atoms with E-state index in [1.165, 1.54) is 12.8 Å². The summed E-state index contributed by atoms with van der Waals surface area (Å²) in [6, 6.07) is 5.50. The smallest absolute Gasteiger partial charge is 0.299 e. The van der Waals surface area contributed by atoms with Crippen LogP contribution in [0.25, 0.3) is 0 Å². The van der Waals surface area contributed by atoms with E-state index >= 15 is 0 Å². The fourth-order valence-electron chi connectivity index (χ4n) is 3.28. The van der Waals surface area contributed by atoms with Gasteiger partial charge in [0.05, 0.1) is 11.3 Å². The maximum absolute atomic E-state index is 12.1. The van der Waals surface area contributed by atoms with E-state index in [4.69, 9.17) is 11.6 Å². The standard InChI is InChI=1S/C16H19ClN2O2/c1-18-8-3-2-4-12(18)7-9-19-14-10-11(17)5-6-13(14)15(20)16(19)21/h5-6,10,12H,2-4,7-9H2,1H3. The van der Waals surface area contributed by atoms with Gasteiger partial charge in [-0.2, -0.15) is 0 Å². The molecule has 1 fully saturated rings. The van der Waals surface area contributed by atoms with Crippen molar-refractivity contribution in [3.05, 3.63) is 28.8 Å². The Labute approximate surface area is 129 Å². The van der Waals surface area contributed by atoms with Gasteiger partial charge in [-0.05, 0) is 51.1 Å². The average Bonchev–Trinajstić information content (AvgIpc) is 2.70. The van der Waals surface area contributed by atoms with Crippen molar-refractivity contribution in [1.29, 1.82) is 0 Å². The molecule has 0 spiro atoms. The zero-order chi connectivity index (χ0) is 15.0. The van der Waals surface area contributed by atoms with Crippen molar-refractivity contribution in [3.8, 4) is 0 Å². The van der Waals surface area contributed by atoms with E-state index < -0.39 is 11.7 Å². The molecular weight excluding hydrogens is 288 g/mol. The molecule has 112 valence electrons. The number of benzene rings is 1. The number of anilines is 1. The van der Waals surface area contributed by atoms with Crippen molar-refractivity contribution in [2.45, 2.75) is 31.7 Å². The summed E-state index contributed by atoms with van der Waals surface area (Å²) in [5, 5.41) is 0.552. The second-order valence-electron chi connectivity index (χ2n) is 5.87. The highest BCUT2D eigenvalue weighted by Crippen LogP contribution is 2.32. The maximum atomic E-state index is 12.1. The fraction of sp³-hybridized carbons (Fsp3) is 0.500. The predicted octanol–water partition coefficient (Wildman–Crippen LogP) is 2.74. The number of carbonyl (C=O) groups excluding carboxylic acids is 2. The minimum Gasteiger partial charge on any atom is -0.305 e. The lowest BCUT2D eigenvalue weighted by Gasteiger charge is -2.33. The molecule has 0 radical (unpaired) electrons. The lowest BCUT2D eigenvalue weighted by Crippen LogP contribution is -2.40. The number of halogens is 1. The molecule has 4 nitrogen and oxygen atoms in total. The van der Waals surface area contributed by atoms with Gasteiger partial charge in [0.1, 0.15) is 0 Å². The zero-order valence-corrected chi connectivity index (χ0v) is 12.9. The Kier molecular flexibility index (Phi) is 4.00. The highest BCUT2D eigenvalue weighted by Gasteiger charge is 2.36. The van der Waals surface area contributed by atoms with Gasteiger partial charge in [-0.1, -0.05) is 18.0 Å². The third kappa shape index (κ3) is 2.70. The first-order chi connectivity index (χ1) is 10.1. The first-order valence-corrected chi connectivity index (χ1v) is 7.81. The molecule has 0 bridgehead atoms. The van der Waals surface area contributed by atoms with Crippen molar-refractivity contribution in [2.24, 2.45) is 0 Å². The minimum absolute atomic E-state index is 0.418. The summed E-state index contributed by atoms with van der Waals surface area (Å²) in [5.74, 6) is -0.843. The Bertz CT molecular complexity index is 588. The van der Waals surface area contributed by atoms with Gasteiger partial charge in [-0.25, -0.2) is 0 Å². The molecule has 1 amide bonds. The van der Waals surface area contributed by atoms with Crippen LogP contribution in [0.2, 0.25) is 5.02 Å². The summed E-state index contributed by atoms with van der Waals surface area (Å²) in [6.07, 6.45) is 4.53. The molecule has 1 aromatic carbocycles. The highest BCUT2D eigenvalue weighted by molar-refractivity contribution is 6.52. The fourth-order valence-corrected chi connectivity index (χ4v) is 3.44. The number of fused-ring (bicyclic) bond motifs is 1. The lowest BCUT2D eigenvalue weighted by molar-refractivity contribution is -0.114. The van der Waals surface area contributed by atoms with E-state index in [1.54, 1.807) is 23.1 Å². The van der Waals surface area contributed by atoms with Gasteiger partial charge in [0.15, 0.2) is 0 Å². The molecule has 21 heavy (non-hydrogen) atoms. The van der Waals surface area contributed by atoms with Crippen LogP contribution in [-0.4, -0.2) is 42.8 Å². The summed E-state index contributed by atoms with van der Waals surface area (Å²) in [5.41, 5.74) is 1.14. The third-order valence-corrected chi connectivity index (χ3v) is 4.78. The van der Waals surface area contributed by atoms with Gasteiger partial charge < -0.3 is 9.80 Å². The summed E-state index contributed by atoms with van der Waals surface area (Å²) < 4.78 is 0. The Morgan fingerprint density at radius 2 is 2.10 bits per heavy atom. The Morgan fingerprint density at radius 3 is 2.86 bits per heavy atom. The predicted molar refractivity (Wildman–Crippen MR) is 83.0 cm³/mol. The number of nitrogens with zero attached hydrogens (tertiary/aromatic N) is 2. The topological polar surface area (TPSA) is 40.6 Å². The van der Waals surface area contributed by atoms with Crippen molar-refractivity contribution in [3.63, 3.8) is 0 Å². The number of hydrogen-bond acceptors (Lipinski definition) is 3. The minimum atomic E-state index is -0.425. The molecule has 1 aromatic rings. The molecule has 1 saturated heterocycles. The monoisotopic (exact) mass is 306 g/mol. The van der Waals surface area contributed by atoms with E-state index in [1.807, 2.05) is 0 Å². The summed E-state index contributed by atoms with van der Waals surface area (Å²) in [7, 11) is 2.13. The second kappa shape index (κ2) is 5.78. The molecule has 1 unspecified atom stereocenters.